The van der Waals surface area contributed by atoms with Gasteiger partial charge >= 0.3 is 0 Å². The van der Waals surface area contributed by atoms with Gasteiger partial charge in [0.15, 0.2) is 4.77 Å². The fourth-order valence-corrected chi connectivity index (χ4v) is 2.11. The van der Waals surface area contributed by atoms with E-state index in [0.717, 1.165) is 17.5 Å². The van der Waals surface area contributed by atoms with Crippen molar-refractivity contribution in [3.63, 3.8) is 0 Å². The number of rotatable bonds is 2. The number of benzene rings is 1. The Kier molecular flexibility index (Phi) is 2.61. The Hall–Kier alpha value is -1.16. The van der Waals surface area contributed by atoms with Crippen molar-refractivity contribution in [3.05, 3.63) is 28.8 Å². The van der Waals surface area contributed by atoms with Crippen LogP contribution in [-0.4, -0.2) is 9.55 Å². The molecule has 0 radical (unpaired) electrons. The van der Waals surface area contributed by atoms with Gasteiger partial charge in [-0.3, -0.25) is 0 Å². The molecule has 2 aromatic rings. The number of H-pyrrole nitrogens is 1. The lowest BCUT2D eigenvalue weighted by Crippen LogP contribution is -2.03. The molecule has 0 spiro atoms. The number of aromatic nitrogens is 2. The average Bonchev–Trinajstić information content (AvgIpc) is 2.52. The maximum Gasteiger partial charge on any atom is 0.178 e. The van der Waals surface area contributed by atoms with Gasteiger partial charge in [0, 0.05) is 6.04 Å². The van der Waals surface area contributed by atoms with Gasteiger partial charge in [-0.1, -0.05) is 6.92 Å². The van der Waals surface area contributed by atoms with Crippen LogP contribution in [0.5, 0.6) is 0 Å². The standard InChI is InChI=1S/C11H13FN2S/c1-3-7(2)14-10-5-4-8(12)6-9(10)13-11(14)15/h4-7H,3H2,1-2H3,(H,13,15). The van der Waals surface area contributed by atoms with E-state index in [0.29, 0.717) is 10.8 Å². The molecule has 0 aliphatic heterocycles. The van der Waals surface area contributed by atoms with Crippen LogP contribution in [0, 0.1) is 10.6 Å². The summed E-state index contributed by atoms with van der Waals surface area (Å²) in [4.78, 5) is 3.02. The van der Waals surface area contributed by atoms with Crippen LogP contribution in [0.4, 0.5) is 4.39 Å². The van der Waals surface area contributed by atoms with Gasteiger partial charge in [-0.05, 0) is 43.8 Å². The third-order valence-electron chi connectivity index (χ3n) is 2.71. The van der Waals surface area contributed by atoms with Crippen LogP contribution in [0.25, 0.3) is 11.0 Å². The summed E-state index contributed by atoms with van der Waals surface area (Å²) in [5.41, 5.74) is 1.73. The van der Waals surface area contributed by atoms with E-state index in [4.69, 9.17) is 12.2 Å². The van der Waals surface area contributed by atoms with Gasteiger partial charge in [0.1, 0.15) is 5.82 Å². The lowest BCUT2D eigenvalue weighted by atomic mass is 10.2. The number of fused-ring (bicyclic) bond motifs is 1. The molecule has 1 unspecified atom stereocenters. The molecule has 0 aliphatic carbocycles. The van der Waals surface area contributed by atoms with Crippen LogP contribution in [0.2, 0.25) is 0 Å². The van der Waals surface area contributed by atoms with Gasteiger partial charge in [-0.25, -0.2) is 4.39 Å². The summed E-state index contributed by atoms with van der Waals surface area (Å²) < 4.78 is 15.7. The minimum absolute atomic E-state index is 0.241. The predicted molar refractivity (Wildman–Crippen MR) is 62.1 cm³/mol. The zero-order valence-corrected chi connectivity index (χ0v) is 9.57. The summed E-state index contributed by atoms with van der Waals surface area (Å²) in [7, 11) is 0. The Labute approximate surface area is 92.7 Å². The van der Waals surface area contributed by atoms with E-state index < -0.39 is 0 Å². The molecule has 0 saturated carbocycles. The first kappa shape index (κ1) is 10.4. The molecular formula is C11H13FN2S. The molecule has 1 heterocycles. The summed E-state index contributed by atoms with van der Waals surface area (Å²) >= 11 is 5.22. The molecule has 1 atom stereocenters. The number of nitrogens with one attached hydrogen (secondary N) is 1. The van der Waals surface area contributed by atoms with Crippen LogP contribution < -0.4 is 0 Å². The third-order valence-corrected chi connectivity index (χ3v) is 3.01. The van der Waals surface area contributed by atoms with E-state index in [-0.39, 0.29) is 5.82 Å². The van der Waals surface area contributed by atoms with Crippen LogP contribution in [-0.2, 0) is 0 Å². The van der Waals surface area contributed by atoms with E-state index in [1.165, 1.54) is 12.1 Å². The van der Waals surface area contributed by atoms with Crippen molar-refractivity contribution in [2.45, 2.75) is 26.3 Å². The Balaban J connectivity index is 2.74. The Bertz CT molecular complexity index is 541. The fraction of sp³-hybridized carbons (Fsp3) is 0.364. The highest BCUT2D eigenvalue weighted by Crippen LogP contribution is 2.21. The molecule has 1 aromatic carbocycles. The van der Waals surface area contributed by atoms with Crippen molar-refractivity contribution >= 4 is 23.3 Å². The highest BCUT2D eigenvalue weighted by atomic mass is 32.1. The first-order valence-electron chi connectivity index (χ1n) is 5.03. The highest BCUT2D eigenvalue weighted by molar-refractivity contribution is 7.71. The first-order chi connectivity index (χ1) is 7.13. The number of nitrogens with zero attached hydrogens (tertiary/aromatic N) is 1. The second-order valence-corrected chi connectivity index (χ2v) is 4.11. The molecule has 0 fully saturated rings. The van der Waals surface area contributed by atoms with Gasteiger partial charge in [0.2, 0.25) is 0 Å². The van der Waals surface area contributed by atoms with Crippen molar-refractivity contribution < 1.29 is 4.39 Å². The van der Waals surface area contributed by atoms with Gasteiger partial charge in [0.25, 0.3) is 0 Å². The van der Waals surface area contributed by atoms with Gasteiger partial charge in [-0.15, -0.1) is 0 Å². The number of hydrogen-bond donors (Lipinski definition) is 1. The van der Waals surface area contributed by atoms with E-state index in [1.807, 2.05) is 4.57 Å². The summed E-state index contributed by atoms with van der Waals surface area (Å²) in [6.07, 6.45) is 0.999. The van der Waals surface area contributed by atoms with Crippen LogP contribution in [0.15, 0.2) is 18.2 Å². The number of halogens is 1. The molecule has 2 nitrogen and oxygen atoms in total. The van der Waals surface area contributed by atoms with Crippen molar-refractivity contribution in [2.75, 3.05) is 0 Å². The average molecular weight is 224 g/mol. The van der Waals surface area contributed by atoms with E-state index in [2.05, 4.69) is 18.8 Å². The molecule has 0 amide bonds. The Morgan fingerprint density at radius 1 is 1.53 bits per heavy atom. The molecule has 15 heavy (non-hydrogen) atoms. The highest BCUT2D eigenvalue weighted by Gasteiger charge is 2.09. The smallest absolute Gasteiger partial charge is 0.178 e. The van der Waals surface area contributed by atoms with Crippen molar-refractivity contribution in [2.24, 2.45) is 0 Å². The Morgan fingerprint density at radius 2 is 2.27 bits per heavy atom. The summed E-state index contributed by atoms with van der Waals surface area (Å²) in [6, 6.07) is 5.04. The maximum atomic E-state index is 13.0. The SMILES string of the molecule is CCC(C)n1c(=S)[nH]c2cc(F)ccc21. The number of imidazole rings is 1. The van der Waals surface area contributed by atoms with E-state index >= 15 is 0 Å². The quantitative estimate of drug-likeness (QED) is 0.769. The number of hydrogen-bond acceptors (Lipinski definition) is 1. The van der Waals surface area contributed by atoms with Gasteiger partial charge in [0.05, 0.1) is 11.0 Å². The normalized spacial score (nSPS) is 13.3. The first-order valence-corrected chi connectivity index (χ1v) is 5.44. The van der Waals surface area contributed by atoms with Crippen LogP contribution in [0.1, 0.15) is 26.3 Å². The zero-order valence-electron chi connectivity index (χ0n) is 8.75. The van der Waals surface area contributed by atoms with Crippen molar-refractivity contribution in [1.82, 2.24) is 9.55 Å². The fourth-order valence-electron chi connectivity index (χ4n) is 1.72. The maximum absolute atomic E-state index is 13.0. The summed E-state index contributed by atoms with van der Waals surface area (Å²) in [5, 5.41) is 0. The molecule has 0 saturated heterocycles. The van der Waals surface area contributed by atoms with Gasteiger partial charge in [-0.2, -0.15) is 0 Å². The molecule has 80 valence electrons. The minimum Gasteiger partial charge on any atom is -0.330 e. The van der Waals surface area contributed by atoms with Gasteiger partial charge < -0.3 is 9.55 Å². The van der Waals surface area contributed by atoms with Crippen LogP contribution >= 0.6 is 12.2 Å². The zero-order chi connectivity index (χ0) is 11.0. The third kappa shape index (κ3) is 1.69. The molecule has 0 bridgehead atoms. The van der Waals surface area contributed by atoms with Crippen LogP contribution in [0.3, 0.4) is 0 Å². The largest absolute Gasteiger partial charge is 0.330 e. The second-order valence-electron chi connectivity index (χ2n) is 3.72. The molecule has 1 N–H and O–H groups in total. The van der Waals surface area contributed by atoms with E-state index in [9.17, 15) is 4.39 Å². The lowest BCUT2D eigenvalue weighted by Gasteiger charge is -2.11. The summed E-state index contributed by atoms with van der Waals surface area (Å²) in [6.45, 7) is 4.21. The van der Waals surface area contributed by atoms with Crippen molar-refractivity contribution in [1.29, 1.82) is 0 Å². The minimum atomic E-state index is -0.241. The second kappa shape index (κ2) is 3.77. The molecule has 1 aromatic heterocycles. The predicted octanol–water partition coefficient (Wildman–Crippen LogP) is 3.81. The Morgan fingerprint density at radius 3 is 2.93 bits per heavy atom. The lowest BCUT2D eigenvalue weighted by molar-refractivity contribution is 0.538. The van der Waals surface area contributed by atoms with E-state index in [1.54, 1.807) is 6.07 Å². The molecule has 4 heteroatoms. The summed E-state index contributed by atoms with van der Waals surface area (Å²) in [5.74, 6) is -0.241. The monoisotopic (exact) mass is 224 g/mol. The molecule has 0 aliphatic rings. The van der Waals surface area contributed by atoms with Crippen molar-refractivity contribution in [3.8, 4) is 0 Å². The topological polar surface area (TPSA) is 20.7 Å². The number of aromatic amines is 1. The molecular weight excluding hydrogens is 211 g/mol. The molecule has 2 rings (SSSR count).